The van der Waals surface area contributed by atoms with E-state index in [4.69, 9.17) is 11.6 Å². The fourth-order valence-electron chi connectivity index (χ4n) is 5.09. The van der Waals surface area contributed by atoms with Crippen LogP contribution in [0.25, 0.3) is 33.8 Å². The summed E-state index contributed by atoms with van der Waals surface area (Å²) in [7, 11) is 0. The smallest absolute Gasteiger partial charge is 0.274 e. The maximum absolute atomic E-state index is 14.0. The summed E-state index contributed by atoms with van der Waals surface area (Å²) in [5.74, 6) is -0.335. The molecule has 1 amide bonds. The Morgan fingerprint density at radius 1 is 1.05 bits per heavy atom. The van der Waals surface area contributed by atoms with Gasteiger partial charge in [-0.15, -0.1) is 5.10 Å². The minimum atomic E-state index is -2.84. The summed E-state index contributed by atoms with van der Waals surface area (Å²) in [4.78, 5) is 22.3. The molecule has 0 aliphatic heterocycles. The Labute approximate surface area is 249 Å². The molecule has 5 aromatic heterocycles. The average molecular weight is 605 g/mol. The van der Waals surface area contributed by atoms with E-state index in [9.17, 15) is 18.7 Å². The molecule has 0 spiro atoms. The van der Waals surface area contributed by atoms with Gasteiger partial charge in [0.25, 0.3) is 12.3 Å². The molecule has 10 nitrogen and oxygen atoms in total. The van der Waals surface area contributed by atoms with Crippen molar-refractivity contribution in [3.8, 4) is 22.5 Å². The standard InChI is InChI=1S/C30H27ClF2N8O2/c1-16-26(17(2)41(37-16)15-30(3,4)43)19-6-9-24-34-12-23(39(24)13-19)29(42)35-22-11-18(5-8-21(22)27(32)33)28-36-25-10-7-20(31)14-40(25)38-28/h5-14,27,43H,15H2,1-4H3,(H,35,42). The van der Waals surface area contributed by atoms with E-state index in [-0.39, 0.29) is 22.8 Å². The number of pyridine rings is 2. The molecule has 43 heavy (non-hydrogen) atoms. The van der Waals surface area contributed by atoms with E-state index in [0.29, 0.717) is 28.4 Å². The van der Waals surface area contributed by atoms with Crippen molar-refractivity contribution >= 4 is 34.5 Å². The highest BCUT2D eigenvalue weighted by Crippen LogP contribution is 2.32. The fourth-order valence-corrected chi connectivity index (χ4v) is 5.25. The first-order valence-electron chi connectivity index (χ1n) is 13.4. The van der Waals surface area contributed by atoms with Gasteiger partial charge in [0.05, 0.1) is 34.7 Å². The predicted molar refractivity (Wildman–Crippen MR) is 159 cm³/mol. The Balaban J connectivity index is 1.35. The second-order valence-corrected chi connectivity index (χ2v) is 11.4. The molecule has 0 saturated carbocycles. The molecule has 0 aliphatic rings. The number of nitrogens with one attached hydrogen (secondary N) is 1. The second kappa shape index (κ2) is 10.5. The van der Waals surface area contributed by atoms with E-state index in [1.54, 1.807) is 53.5 Å². The number of anilines is 1. The van der Waals surface area contributed by atoms with E-state index in [1.807, 2.05) is 19.9 Å². The van der Waals surface area contributed by atoms with Gasteiger partial charge < -0.3 is 10.4 Å². The molecule has 0 radical (unpaired) electrons. The van der Waals surface area contributed by atoms with Crippen LogP contribution < -0.4 is 5.32 Å². The molecule has 1 aromatic carbocycles. The number of carbonyl (C=O) groups excluding carboxylic acids is 1. The van der Waals surface area contributed by atoms with Crippen molar-refractivity contribution in [2.24, 2.45) is 0 Å². The number of amides is 1. The van der Waals surface area contributed by atoms with Crippen LogP contribution in [0.4, 0.5) is 14.5 Å². The van der Waals surface area contributed by atoms with Gasteiger partial charge in [-0.05, 0) is 58.0 Å². The molecular formula is C30H27ClF2N8O2. The maximum atomic E-state index is 14.0. The molecule has 0 bridgehead atoms. The van der Waals surface area contributed by atoms with E-state index in [2.05, 4.69) is 25.5 Å². The molecule has 13 heteroatoms. The number of aromatic nitrogens is 7. The molecule has 2 N–H and O–H groups in total. The van der Waals surface area contributed by atoms with E-state index < -0.39 is 17.9 Å². The monoisotopic (exact) mass is 604 g/mol. The first-order chi connectivity index (χ1) is 20.4. The van der Waals surface area contributed by atoms with Crippen LogP contribution in [0.2, 0.25) is 5.02 Å². The molecule has 0 fully saturated rings. The molecular weight excluding hydrogens is 578 g/mol. The van der Waals surface area contributed by atoms with Crippen LogP contribution >= 0.6 is 11.6 Å². The predicted octanol–water partition coefficient (Wildman–Crippen LogP) is 6.14. The third kappa shape index (κ3) is 5.46. The highest BCUT2D eigenvalue weighted by molar-refractivity contribution is 6.30. The third-order valence-electron chi connectivity index (χ3n) is 7.03. The molecule has 0 saturated heterocycles. The van der Waals surface area contributed by atoms with Gasteiger partial charge in [0.2, 0.25) is 0 Å². The number of rotatable bonds is 7. The van der Waals surface area contributed by atoms with E-state index >= 15 is 0 Å². The number of nitrogens with zero attached hydrogens (tertiary/aromatic N) is 7. The van der Waals surface area contributed by atoms with Gasteiger partial charge in [-0.3, -0.25) is 13.9 Å². The van der Waals surface area contributed by atoms with Gasteiger partial charge in [-0.2, -0.15) is 5.10 Å². The lowest BCUT2D eigenvalue weighted by molar-refractivity contribution is 0.0570. The lowest BCUT2D eigenvalue weighted by Gasteiger charge is -2.18. The molecule has 0 atom stereocenters. The number of benzene rings is 1. The van der Waals surface area contributed by atoms with Crippen molar-refractivity contribution in [1.82, 2.24) is 33.8 Å². The lowest BCUT2D eigenvalue weighted by atomic mass is 10.1. The Hall–Kier alpha value is -4.68. The van der Waals surface area contributed by atoms with Gasteiger partial charge >= 0.3 is 0 Å². The number of imidazole rings is 1. The average Bonchev–Trinajstić information content (AvgIpc) is 3.62. The second-order valence-electron chi connectivity index (χ2n) is 10.9. The van der Waals surface area contributed by atoms with Crippen molar-refractivity contribution in [2.45, 2.75) is 46.3 Å². The van der Waals surface area contributed by atoms with Crippen molar-refractivity contribution in [3.63, 3.8) is 0 Å². The van der Waals surface area contributed by atoms with Crippen LogP contribution in [0.1, 0.15) is 47.7 Å². The summed E-state index contributed by atoms with van der Waals surface area (Å²) in [6.07, 6.45) is 1.91. The number of aryl methyl sites for hydroxylation is 1. The SMILES string of the molecule is Cc1nn(CC(C)(C)O)c(C)c1-c1ccc2ncc(C(=O)Nc3cc(-c4nc5ccc(Cl)cn5n4)ccc3C(F)F)n2c1. The molecule has 220 valence electrons. The Morgan fingerprint density at radius 3 is 2.53 bits per heavy atom. The number of aliphatic hydroxyl groups is 1. The molecule has 0 unspecified atom stereocenters. The van der Waals surface area contributed by atoms with Crippen LogP contribution in [0.5, 0.6) is 0 Å². The summed E-state index contributed by atoms with van der Waals surface area (Å²) in [6.45, 7) is 7.53. The van der Waals surface area contributed by atoms with E-state index in [1.165, 1.54) is 28.9 Å². The van der Waals surface area contributed by atoms with Gasteiger partial charge in [-0.25, -0.2) is 23.3 Å². The number of carbonyl (C=O) groups is 1. The van der Waals surface area contributed by atoms with Crippen molar-refractivity contribution < 1.29 is 18.7 Å². The minimum Gasteiger partial charge on any atom is -0.389 e. The quantitative estimate of drug-likeness (QED) is 0.226. The van der Waals surface area contributed by atoms with Crippen LogP contribution in [0, 0.1) is 13.8 Å². The van der Waals surface area contributed by atoms with Gasteiger partial charge in [0.1, 0.15) is 11.3 Å². The summed E-state index contributed by atoms with van der Waals surface area (Å²) in [5.41, 5.74) is 3.51. The van der Waals surface area contributed by atoms with Crippen LogP contribution in [-0.2, 0) is 6.54 Å². The van der Waals surface area contributed by atoms with Crippen LogP contribution in [-0.4, -0.2) is 50.4 Å². The Bertz CT molecular complexity index is 2020. The van der Waals surface area contributed by atoms with Crippen molar-refractivity contribution in [2.75, 3.05) is 5.32 Å². The minimum absolute atomic E-state index is 0.0694. The van der Waals surface area contributed by atoms with Gasteiger partial charge in [0, 0.05) is 40.3 Å². The summed E-state index contributed by atoms with van der Waals surface area (Å²) < 4.78 is 32.8. The Morgan fingerprint density at radius 2 is 1.79 bits per heavy atom. The Kier molecular flexibility index (Phi) is 6.98. The molecule has 5 heterocycles. The zero-order valence-electron chi connectivity index (χ0n) is 23.7. The van der Waals surface area contributed by atoms with Gasteiger partial charge in [0.15, 0.2) is 11.5 Å². The number of hydrogen-bond acceptors (Lipinski definition) is 6. The highest BCUT2D eigenvalue weighted by atomic mass is 35.5. The fraction of sp³-hybridized carbons (Fsp3) is 0.233. The normalized spacial score (nSPS) is 12.1. The topological polar surface area (TPSA) is 115 Å². The largest absolute Gasteiger partial charge is 0.389 e. The van der Waals surface area contributed by atoms with Crippen LogP contribution in [0.3, 0.4) is 0 Å². The molecule has 6 rings (SSSR count). The summed E-state index contributed by atoms with van der Waals surface area (Å²) in [5, 5.41) is 22.4. The number of halogens is 3. The summed E-state index contributed by atoms with van der Waals surface area (Å²) in [6, 6.07) is 11.2. The number of hydrogen-bond donors (Lipinski definition) is 2. The number of fused-ring (bicyclic) bond motifs is 2. The van der Waals surface area contributed by atoms with Crippen molar-refractivity contribution in [3.05, 3.63) is 88.7 Å². The first-order valence-corrected chi connectivity index (χ1v) is 13.8. The zero-order valence-corrected chi connectivity index (χ0v) is 24.4. The van der Waals surface area contributed by atoms with E-state index in [0.717, 1.165) is 22.5 Å². The third-order valence-corrected chi connectivity index (χ3v) is 7.26. The van der Waals surface area contributed by atoms with Crippen molar-refractivity contribution in [1.29, 1.82) is 0 Å². The maximum Gasteiger partial charge on any atom is 0.274 e. The molecule has 0 aliphatic carbocycles. The summed E-state index contributed by atoms with van der Waals surface area (Å²) >= 11 is 6.05. The highest BCUT2D eigenvalue weighted by Gasteiger charge is 2.22. The zero-order chi connectivity index (χ0) is 30.6. The molecule has 6 aromatic rings. The lowest BCUT2D eigenvalue weighted by Crippen LogP contribution is -2.27. The van der Waals surface area contributed by atoms with Crippen LogP contribution in [0.15, 0.2) is 61.1 Å². The number of alkyl halides is 2. The van der Waals surface area contributed by atoms with Gasteiger partial charge in [-0.1, -0.05) is 23.7 Å². The first kappa shape index (κ1) is 28.4.